The summed E-state index contributed by atoms with van der Waals surface area (Å²) in [6.45, 7) is 0. The van der Waals surface area contributed by atoms with E-state index in [2.05, 4.69) is 0 Å². The molecule has 0 aliphatic rings. The van der Waals surface area contributed by atoms with Gasteiger partial charge in [0.05, 0.1) is 14.2 Å². The van der Waals surface area contributed by atoms with Crippen molar-refractivity contribution in [3.8, 4) is 11.5 Å². The lowest BCUT2D eigenvalue weighted by Crippen LogP contribution is -1.92. The average Bonchev–Trinajstić information content (AvgIpc) is 2.46. The van der Waals surface area contributed by atoms with Gasteiger partial charge in [0.15, 0.2) is 11.5 Å². The summed E-state index contributed by atoms with van der Waals surface area (Å²) < 4.78 is 23.4. The molecule has 2 aromatic rings. The number of para-hydroxylation sites is 1. The van der Waals surface area contributed by atoms with Crippen LogP contribution in [0.25, 0.3) is 12.2 Å². The predicted molar refractivity (Wildman–Crippen MR) is 74.9 cm³/mol. The van der Waals surface area contributed by atoms with E-state index in [4.69, 9.17) is 9.47 Å². The number of hydrogen-bond acceptors (Lipinski definition) is 2. The van der Waals surface area contributed by atoms with Crippen LogP contribution in [0.2, 0.25) is 0 Å². The molecule has 2 aromatic carbocycles. The van der Waals surface area contributed by atoms with Crippen molar-refractivity contribution in [3.63, 3.8) is 0 Å². The van der Waals surface area contributed by atoms with Gasteiger partial charge in [-0.25, -0.2) is 4.39 Å². The molecule has 3 heteroatoms. The minimum absolute atomic E-state index is 0.240. The predicted octanol–water partition coefficient (Wildman–Crippen LogP) is 4.01. The van der Waals surface area contributed by atoms with Crippen molar-refractivity contribution in [2.24, 2.45) is 0 Å². The van der Waals surface area contributed by atoms with E-state index in [-0.39, 0.29) is 5.82 Å². The normalized spacial score (nSPS) is 10.7. The molecule has 98 valence electrons. The molecule has 0 heterocycles. The van der Waals surface area contributed by atoms with Gasteiger partial charge in [0.2, 0.25) is 0 Å². The third kappa shape index (κ3) is 3.13. The molecule has 0 N–H and O–H groups in total. The minimum atomic E-state index is -0.240. The fraction of sp³-hybridized carbons (Fsp3) is 0.125. The van der Waals surface area contributed by atoms with Crippen molar-refractivity contribution in [3.05, 3.63) is 59.4 Å². The van der Waals surface area contributed by atoms with Gasteiger partial charge in [-0.15, -0.1) is 0 Å². The van der Waals surface area contributed by atoms with Gasteiger partial charge in [0.1, 0.15) is 5.82 Å². The number of halogens is 1. The zero-order valence-electron chi connectivity index (χ0n) is 10.9. The lowest BCUT2D eigenvalue weighted by molar-refractivity contribution is 0.354. The van der Waals surface area contributed by atoms with Crippen LogP contribution in [-0.4, -0.2) is 14.2 Å². The molecule has 0 saturated heterocycles. The number of methoxy groups -OCH3 is 2. The molecule has 0 spiro atoms. The van der Waals surface area contributed by atoms with Gasteiger partial charge in [-0.1, -0.05) is 36.4 Å². The summed E-state index contributed by atoms with van der Waals surface area (Å²) in [6, 6.07) is 12.0. The van der Waals surface area contributed by atoms with E-state index >= 15 is 0 Å². The van der Waals surface area contributed by atoms with Gasteiger partial charge in [-0.3, -0.25) is 0 Å². The van der Waals surface area contributed by atoms with E-state index in [1.165, 1.54) is 12.1 Å². The van der Waals surface area contributed by atoms with Crippen LogP contribution < -0.4 is 9.47 Å². The van der Waals surface area contributed by atoms with E-state index in [0.29, 0.717) is 11.5 Å². The van der Waals surface area contributed by atoms with Gasteiger partial charge in [-0.2, -0.15) is 0 Å². The quantitative estimate of drug-likeness (QED) is 0.771. The molecular weight excluding hydrogens is 243 g/mol. The number of hydrogen-bond donors (Lipinski definition) is 0. The van der Waals surface area contributed by atoms with Gasteiger partial charge < -0.3 is 9.47 Å². The van der Waals surface area contributed by atoms with Gasteiger partial charge in [0.25, 0.3) is 0 Å². The fourth-order valence-corrected chi connectivity index (χ4v) is 1.80. The first-order chi connectivity index (χ1) is 9.24. The maximum absolute atomic E-state index is 12.8. The second kappa shape index (κ2) is 6.05. The molecule has 2 nitrogen and oxygen atoms in total. The van der Waals surface area contributed by atoms with Gasteiger partial charge in [-0.05, 0) is 23.8 Å². The lowest BCUT2D eigenvalue weighted by atomic mass is 10.1. The zero-order valence-corrected chi connectivity index (χ0v) is 10.9. The van der Waals surface area contributed by atoms with E-state index in [0.717, 1.165) is 11.1 Å². The summed E-state index contributed by atoms with van der Waals surface area (Å²) in [6.07, 6.45) is 3.81. The molecule has 0 fully saturated rings. The molecular formula is C16H15FO2. The van der Waals surface area contributed by atoms with Gasteiger partial charge >= 0.3 is 0 Å². The molecule has 0 radical (unpaired) electrons. The molecule has 0 aliphatic heterocycles. The summed E-state index contributed by atoms with van der Waals surface area (Å²) in [5.74, 6) is 1.13. The van der Waals surface area contributed by atoms with Crippen LogP contribution in [-0.2, 0) is 0 Å². The minimum Gasteiger partial charge on any atom is -0.493 e. The molecule has 0 amide bonds. The highest BCUT2D eigenvalue weighted by Crippen LogP contribution is 2.31. The molecule has 0 atom stereocenters. The monoisotopic (exact) mass is 258 g/mol. The van der Waals surface area contributed by atoms with Crippen LogP contribution in [0.4, 0.5) is 4.39 Å². The Hall–Kier alpha value is -2.29. The second-order valence-corrected chi connectivity index (χ2v) is 3.97. The van der Waals surface area contributed by atoms with Crippen LogP contribution in [0.1, 0.15) is 11.1 Å². The average molecular weight is 258 g/mol. The topological polar surface area (TPSA) is 18.5 Å². The van der Waals surface area contributed by atoms with Crippen LogP contribution in [0, 0.1) is 5.82 Å². The van der Waals surface area contributed by atoms with E-state index in [9.17, 15) is 4.39 Å². The Morgan fingerprint density at radius 3 is 2.26 bits per heavy atom. The summed E-state index contributed by atoms with van der Waals surface area (Å²) in [5.41, 5.74) is 1.83. The van der Waals surface area contributed by atoms with Crippen molar-refractivity contribution in [2.75, 3.05) is 14.2 Å². The standard InChI is InChI=1S/C16H15FO2/c1-18-15-5-3-4-13(16(15)19-2)9-6-12-7-10-14(17)11-8-12/h3-11H,1-2H3. The summed E-state index contributed by atoms with van der Waals surface area (Å²) in [4.78, 5) is 0. The van der Waals surface area contributed by atoms with Crippen molar-refractivity contribution < 1.29 is 13.9 Å². The second-order valence-electron chi connectivity index (χ2n) is 3.97. The molecule has 0 aromatic heterocycles. The lowest BCUT2D eigenvalue weighted by Gasteiger charge is -2.09. The molecule has 2 rings (SSSR count). The van der Waals surface area contributed by atoms with Crippen molar-refractivity contribution in [1.82, 2.24) is 0 Å². The number of benzene rings is 2. The summed E-state index contributed by atoms with van der Waals surface area (Å²) in [7, 11) is 3.21. The molecule has 0 bridgehead atoms. The first kappa shape index (κ1) is 13.1. The van der Waals surface area contributed by atoms with Crippen molar-refractivity contribution in [1.29, 1.82) is 0 Å². The Labute approximate surface area is 112 Å². The first-order valence-electron chi connectivity index (χ1n) is 5.89. The smallest absolute Gasteiger partial charge is 0.167 e. The highest BCUT2D eigenvalue weighted by molar-refractivity contribution is 5.74. The van der Waals surface area contributed by atoms with Crippen LogP contribution in [0.5, 0.6) is 11.5 Å². The molecule has 19 heavy (non-hydrogen) atoms. The fourth-order valence-electron chi connectivity index (χ4n) is 1.80. The Balaban J connectivity index is 2.30. The largest absolute Gasteiger partial charge is 0.493 e. The highest BCUT2D eigenvalue weighted by Gasteiger charge is 2.06. The Morgan fingerprint density at radius 2 is 1.63 bits per heavy atom. The van der Waals surface area contributed by atoms with Gasteiger partial charge in [0, 0.05) is 5.56 Å². The Morgan fingerprint density at radius 1 is 0.895 bits per heavy atom. The van der Waals surface area contributed by atoms with E-state index in [1.54, 1.807) is 26.4 Å². The zero-order chi connectivity index (χ0) is 13.7. The molecule has 0 saturated carbocycles. The van der Waals surface area contributed by atoms with Crippen molar-refractivity contribution in [2.45, 2.75) is 0 Å². The number of rotatable bonds is 4. The summed E-state index contributed by atoms with van der Waals surface area (Å²) in [5, 5.41) is 0. The summed E-state index contributed by atoms with van der Waals surface area (Å²) >= 11 is 0. The Kier molecular flexibility index (Phi) is 4.18. The molecule has 0 unspecified atom stereocenters. The Bertz CT molecular complexity index is 574. The SMILES string of the molecule is COc1cccc(C=Cc2ccc(F)cc2)c1OC. The van der Waals surface area contributed by atoms with E-state index in [1.807, 2.05) is 30.4 Å². The van der Waals surface area contributed by atoms with E-state index < -0.39 is 0 Å². The maximum Gasteiger partial charge on any atom is 0.167 e. The van der Waals surface area contributed by atoms with Crippen LogP contribution >= 0.6 is 0 Å². The number of ether oxygens (including phenoxy) is 2. The van der Waals surface area contributed by atoms with Crippen LogP contribution in [0.15, 0.2) is 42.5 Å². The highest BCUT2D eigenvalue weighted by atomic mass is 19.1. The van der Waals surface area contributed by atoms with Crippen molar-refractivity contribution >= 4 is 12.2 Å². The molecule has 0 aliphatic carbocycles. The van der Waals surface area contributed by atoms with Crippen LogP contribution in [0.3, 0.4) is 0 Å². The maximum atomic E-state index is 12.8. The third-order valence-corrected chi connectivity index (χ3v) is 2.76. The first-order valence-corrected chi connectivity index (χ1v) is 5.89. The third-order valence-electron chi connectivity index (χ3n) is 2.76.